The topological polar surface area (TPSA) is 214 Å². The minimum Gasteiger partial charge on any atom is -0.457 e. The summed E-state index contributed by atoms with van der Waals surface area (Å²) in [6.07, 6.45) is -3.51. The SMILES string of the molecule is CC(=O)O[C@H]1[C@H](O)[C@@H](O)[C@H](O[C@H]2[C@@H](O)[C@@H](C)O[C@@H](O[C@H]3CC[C@@]4(C)[C@H](CC[C@]5(C)[C@@H]4C=C[C@]46OC[C@@]7(CCC(C)(C)C[C@@H]74)[C@@H](O)C[C@]65C)[C@]3(C)CO)[C@@H]2O)O[C@@H]1CO. The van der Waals surface area contributed by atoms with E-state index in [1.165, 1.54) is 0 Å². The van der Waals surface area contributed by atoms with Gasteiger partial charge in [-0.2, -0.15) is 0 Å². The number of allylic oxidation sites excluding steroid dienone is 1. The summed E-state index contributed by atoms with van der Waals surface area (Å²) in [6.45, 7) is 16.5. The van der Waals surface area contributed by atoms with E-state index in [1.54, 1.807) is 6.92 Å². The number of ether oxygens (including phenoxy) is 6. The highest BCUT2D eigenvalue weighted by Crippen LogP contribution is 2.79. The molecule has 0 radical (unpaired) electrons. The zero-order valence-corrected chi connectivity index (χ0v) is 35.6. The van der Waals surface area contributed by atoms with Crippen molar-refractivity contribution in [3.63, 3.8) is 0 Å². The van der Waals surface area contributed by atoms with Crippen LogP contribution in [0.3, 0.4) is 0 Å². The molecule has 3 heterocycles. The second-order valence-electron chi connectivity index (χ2n) is 21.5. The number of carbonyl (C=O) groups excluding carboxylic acids is 1. The Morgan fingerprint density at radius 1 is 0.793 bits per heavy atom. The first-order valence-electron chi connectivity index (χ1n) is 21.8. The molecule has 3 aliphatic heterocycles. The van der Waals surface area contributed by atoms with Crippen molar-refractivity contribution in [3.8, 4) is 0 Å². The van der Waals surface area contributed by atoms with Crippen LogP contribution in [0.25, 0.3) is 0 Å². The van der Waals surface area contributed by atoms with Gasteiger partial charge < -0.3 is 64.2 Å². The molecule has 330 valence electrons. The highest BCUT2D eigenvalue weighted by molar-refractivity contribution is 5.66. The molecule has 14 nitrogen and oxygen atoms in total. The van der Waals surface area contributed by atoms with Gasteiger partial charge in [0.15, 0.2) is 18.7 Å². The normalized spacial score (nSPS) is 57.1. The van der Waals surface area contributed by atoms with E-state index in [9.17, 15) is 40.5 Å². The second-order valence-corrected chi connectivity index (χ2v) is 21.5. The van der Waals surface area contributed by atoms with Gasteiger partial charge in [-0.3, -0.25) is 4.79 Å². The first kappa shape index (κ1) is 43.4. The number of aliphatic hydroxyl groups excluding tert-OH is 7. The Bertz CT molecular complexity index is 1610. The van der Waals surface area contributed by atoms with Gasteiger partial charge in [-0.05, 0) is 86.4 Å². The predicted octanol–water partition coefficient (Wildman–Crippen LogP) is 2.35. The van der Waals surface area contributed by atoms with Gasteiger partial charge in [0.1, 0.15) is 36.6 Å². The predicted molar refractivity (Wildman–Crippen MR) is 206 cm³/mol. The summed E-state index contributed by atoms with van der Waals surface area (Å²) in [7, 11) is 0. The van der Waals surface area contributed by atoms with E-state index < -0.39 is 97.2 Å². The van der Waals surface area contributed by atoms with Gasteiger partial charge in [-0.15, -0.1) is 0 Å². The molecule has 0 aromatic carbocycles. The molecular weight excluding hydrogens is 752 g/mol. The standard InChI is InChI=1S/C44H70O14/c1-22-30(49)35(58-36-32(51)31(50)34(55-23(2)47)24(19-45)56-36)33(52)37(54-22)57-29-11-12-39(5)25(40(29,6)20-46)9-13-41(7)26(39)10-14-44-27-17-38(3,4)15-16-43(27,21-53-44)28(48)18-42(41,44)8/h10,14,22,24-37,45-46,48-52H,9,11-13,15-21H2,1-8H3/t22-,24-,25+,26-,27+,28+,29+,30+,31-,32-,33-,34-,35+,36+,37+,39+,40+,41-,42+,43-,44+/m1/s1. The van der Waals surface area contributed by atoms with Crippen molar-refractivity contribution in [1.29, 1.82) is 0 Å². The van der Waals surface area contributed by atoms with Gasteiger partial charge in [0, 0.05) is 29.1 Å². The van der Waals surface area contributed by atoms with Crippen LogP contribution in [0.2, 0.25) is 0 Å². The molecule has 8 aliphatic rings. The monoisotopic (exact) mass is 822 g/mol. The van der Waals surface area contributed by atoms with Crippen molar-refractivity contribution in [2.24, 2.45) is 50.2 Å². The number of hydrogen-bond donors (Lipinski definition) is 7. The van der Waals surface area contributed by atoms with Crippen LogP contribution < -0.4 is 0 Å². The quantitative estimate of drug-likeness (QED) is 0.112. The van der Waals surface area contributed by atoms with Crippen molar-refractivity contribution in [3.05, 3.63) is 12.2 Å². The fraction of sp³-hybridized carbons (Fsp3) is 0.932. The van der Waals surface area contributed by atoms with Crippen LogP contribution in [0.1, 0.15) is 107 Å². The summed E-state index contributed by atoms with van der Waals surface area (Å²) in [5.41, 5.74) is -1.98. The molecule has 7 fully saturated rings. The Balaban J connectivity index is 1.03. The maximum absolute atomic E-state index is 12.2. The maximum atomic E-state index is 12.2. The van der Waals surface area contributed by atoms with E-state index in [0.29, 0.717) is 19.4 Å². The van der Waals surface area contributed by atoms with E-state index >= 15 is 0 Å². The van der Waals surface area contributed by atoms with Crippen LogP contribution in [0.4, 0.5) is 0 Å². The minimum absolute atomic E-state index is 0.0264. The minimum atomic E-state index is -1.75. The average Bonchev–Trinajstić information content (AvgIpc) is 3.44. The van der Waals surface area contributed by atoms with Crippen molar-refractivity contribution in [1.82, 2.24) is 0 Å². The van der Waals surface area contributed by atoms with Crippen LogP contribution in [-0.2, 0) is 33.2 Å². The highest BCUT2D eigenvalue weighted by atomic mass is 16.7. The zero-order chi connectivity index (χ0) is 42.2. The Hall–Kier alpha value is -1.27. The summed E-state index contributed by atoms with van der Waals surface area (Å²) in [5, 5.41) is 78.0. The number of carbonyl (C=O) groups is 1. The summed E-state index contributed by atoms with van der Waals surface area (Å²) in [6, 6.07) is 0. The van der Waals surface area contributed by atoms with Gasteiger partial charge in [0.05, 0.1) is 43.7 Å². The fourth-order valence-corrected chi connectivity index (χ4v) is 14.6. The smallest absolute Gasteiger partial charge is 0.303 e. The summed E-state index contributed by atoms with van der Waals surface area (Å²) >= 11 is 0. The molecule has 21 atom stereocenters. The molecule has 3 saturated heterocycles. The molecule has 0 unspecified atom stereocenters. The van der Waals surface area contributed by atoms with Crippen LogP contribution in [-0.4, -0.2) is 141 Å². The molecule has 0 aromatic heterocycles. The molecule has 2 bridgehead atoms. The number of rotatable bonds is 7. The van der Waals surface area contributed by atoms with Gasteiger partial charge in [-0.25, -0.2) is 0 Å². The second kappa shape index (κ2) is 14.4. The molecule has 5 aliphatic carbocycles. The lowest BCUT2D eigenvalue weighted by Crippen LogP contribution is -2.72. The average molecular weight is 823 g/mol. The Kier molecular flexibility index (Phi) is 10.8. The van der Waals surface area contributed by atoms with Crippen molar-refractivity contribution in [2.75, 3.05) is 19.8 Å². The maximum Gasteiger partial charge on any atom is 0.303 e. The van der Waals surface area contributed by atoms with Crippen LogP contribution in [0, 0.1) is 50.2 Å². The van der Waals surface area contributed by atoms with Crippen molar-refractivity contribution < 1.29 is 69.0 Å². The number of hydrogen-bond acceptors (Lipinski definition) is 14. The lowest BCUT2D eigenvalue weighted by atomic mass is 9.32. The van der Waals surface area contributed by atoms with Gasteiger partial charge in [0.25, 0.3) is 0 Å². The molecule has 58 heavy (non-hydrogen) atoms. The van der Waals surface area contributed by atoms with Gasteiger partial charge >= 0.3 is 5.97 Å². The van der Waals surface area contributed by atoms with Crippen molar-refractivity contribution in [2.45, 2.75) is 186 Å². The molecule has 0 aromatic rings. The third-order valence-electron chi connectivity index (χ3n) is 18.2. The molecule has 8 rings (SSSR count). The molecule has 7 N–H and O–H groups in total. The van der Waals surface area contributed by atoms with E-state index in [2.05, 4.69) is 53.7 Å². The number of esters is 1. The summed E-state index contributed by atoms with van der Waals surface area (Å²) < 4.78 is 36.6. The van der Waals surface area contributed by atoms with Crippen LogP contribution >= 0.6 is 0 Å². The van der Waals surface area contributed by atoms with Crippen LogP contribution in [0.15, 0.2) is 12.2 Å². The molecule has 1 spiro atoms. The first-order valence-corrected chi connectivity index (χ1v) is 21.8. The Morgan fingerprint density at radius 2 is 1.50 bits per heavy atom. The van der Waals surface area contributed by atoms with Gasteiger partial charge in [-0.1, -0.05) is 53.7 Å². The number of fused-ring (bicyclic) bond motifs is 4. The highest BCUT2D eigenvalue weighted by Gasteiger charge is 2.79. The summed E-state index contributed by atoms with van der Waals surface area (Å²) in [4.78, 5) is 11.6. The zero-order valence-electron chi connectivity index (χ0n) is 35.6. The Labute approximate surface area is 342 Å². The molecular formula is C44H70O14. The first-order chi connectivity index (χ1) is 27.1. The molecule has 0 amide bonds. The third kappa shape index (κ3) is 5.89. The van der Waals surface area contributed by atoms with Gasteiger partial charge in [0.2, 0.25) is 0 Å². The van der Waals surface area contributed by atoms with E-state index in [0.717, 1.165) is 45.4 Å². The van der Waals surface area contributed by atoms with Crippen molar-refractivity contribution >= 4 is 5.97 Å². The fourth-order valence-electron chi connectivity index (χ4n) is 14.6. The summed E-state index contributed by atoms with van der Waals surface area (Å²) in [5.74, 6) is -0.331. The number of aliphatic hydroxyl groups is 7. The van der Waals surface area contributed by atoms with E-state index in [1.807, 2.05) is 0 Å². The lowest BCUT2D eigenvalue weighted by Gasteiger charge is -2.73. The Morgan fingerprint density at radius 3 is 2.17 bits per heavy atom. The molecule has 14 heteroatoms. The van der Waals surface area contributed by atoms with E-state index in [-0.39, 0.29) is 51.4 Å². The third-order valence-corrected chi connectivity index (χ3v) is 18.2. The largest absolute Gasteiger partial charge is 0.457 e. The van der Waals surface area contributed by atoms with Crippen LogP contribution in [0.5, 0.6) is 0 Å². The molecule has 4 saturated carbocycles. The van der Waals surface area contributed by atoms with E-state index in [4.69, 9.17) is 28.4 Å². The lowest BCUT2D eigenvalue weighted by molar-refractivity contribution is -0.367.